The maximum Gasteiger partial charge on any atom is 0.227 e. The van der Waals surface area contributed by atoms with Crippen molar-refractivity contribution < 1.29 is 14.3 Å². The van der Waals surface area contributed by atoms with Crippen molar-refractivity contribution in [3.8, 4) is 0 Å². The van der Waals surface area contributed by atoms with Crippen molar-refractivity contribution in [2.24, 2.45) is 11.1 Å². The zero-order chi connectivity index (χ0) is 17.8. The second kappa shape index (κ2) is 9.38. The summed E-state index contributed by atoms with van der Waals surface area (Å²) in [4.78, 5) is 12.9. The van der Waals surface area contributed by atoms with E-state index in [4.69, 9.17) is 26.8 Å². The summed E-state index contributed by atoms with van der Waals surface area (Å²) in [5.41, 5.74) is 6.55. The van der Waals surface area contributed by atoms with Crippen LogP contribution < -0.4 is 11.1 Å². The minimum Gasteiger partial charge on any atom is -0.381 e. The molecule has 1 amide bonds. The Bertz CT molecular complexity index is 583. The number of hydrogen-bond acceptors (Lipinski definition) is 4. The Hall–Kier alpha value is -0.850. The number of nitrogens with one attached hydrogen (secondary N) is 1. The van der Waals surface area contributed by atoms with Crippen molar-refractivity contribution in [1.82, 2.24) is 5.32 Å². The van der Waals surface area contributed by atoms with Gasteiger partial charge in [0.2, 0.25) is 5.91 Å². The number of amides is 1. The molecule has 3 rings (SSSR count). The van der Waals surface area contributed by atoms with E-state index in [1.54, 1.807) is 0 Å². The van der Waals surface area contributed by atoms with Crippen LogP contribution in [0.25, 0.3) is 0 Å². The van der Waals surface area contributed by atoms with Crippen molar-refractivity contribution in [2.45, 2.75) is 31.1 Å². The summed E-state index contributed by atoms with van der Waals surface area (Å²) in [6, 6.07) is 7.95. The summed E-state index contributed by atoms with van der Waals surface area (Å²) in [5, 5.41) is 3.93. The molecule has 0 saturated carbocycles. The molecule has 0 unspecified atom stereocenters. The summed E-state index contributed by atoms with van der Waals surface area (Å²) in [7, 11) is 0. The lowest BCUT2D eigenvalue weighted by molar-refractivity contribution is -0.136. The van der Waals surface area contributed by atoms with Gasteiger partial charge in [-0.3, -0.25) is 4.79 Å². The zero-order valence-electron chi connectivity index (χ0n) is 15.0. The highest BCUT2D eigenvalue weighted by Gasteiger charge is 2.41. The van der Waals surface area contributed by atoms with Crippen LogP contribution in [0.2, 0.25) is 5.02 Å². The Morgan fingerprint density at radius 3 is 2.12 bits per heavy atom. The number of hydrogen-bond donors (Lipinski definition) is 2. The Morgan fingerprint density at radius 1 is 1.04 bits per heavy atom. The van der Waals surface area contributed by atoms with Gasteiger partial charge in [0.1, 0.15) is 0 Å². The van der Waals surface area contributed by atoms with Crippen LogP contribution in [0, 0.1) is 5.41 Å². The first-order chi connectivity index (χ1) is 12.1. The molecule has 2 aliphatic rings. The lowest BCUT2D eigenvalue weighted by Gasteiger charge is -2.40. The number of carbonyl (C=O) groups is 1. The molecule has 0 radical (unpaired) electrons. The molecule has 1 aromatic rings. The van der Waals surface area contributed by atoms with Crippen LogP contribution in [-0.4, -0.2) is 45.4 Å². The third kappa shape index (κ3) is 4.52. The topological polar surface area (TPSA) is 73.6 Å². The van der Waals surface area contributed by atoms with Gasteiger partial charge >= 0.3 is 0 Å². The molecule has 2 aliphatic heterocycles. The SMILES string of the molecule is Cl.NCC1(C(=O)NCC2(c3ccc(Cl)cc3)CCOCC2)CCOCC1. The molecule has 0 spiro atoms. The predicted octanol–water partition coefficient (Wildman–Crippen LogP) is 2.68. The summed E-state index contributed by atoms with van der Waals surface area (Å²) in [6.07, 6.45) is 3.14. The average molecular weight is 403 g/mol. The summed E-state index contributed by atoms with van der Waals surface area (Å²) in [6.45, 7) is 3.56. The van der Waals surface area contributed by atoms with E-state index in [2.05, 4.69) is 17.4 Å². The van der Waals surface area contributed by atoms with Gasteiger partial charge in [0, 0.05) is 50.0 Å². The van der Waals surface area contributed by atoms with E-state index in [1.165, 1.54) is 5.56 Å². The van der Waals surface area contributed by atoms with Crippen LogP contribution in [0.5, 0.6) is 0 Å². The van der Waals surface area contributed by atoms with Gasteiger partial charge in [-0.2, -0.15) is 0 Å². The minimum atomic E-state index is -0.495. The third-order valence-electron chi connectivity index (χ3n) is 5.82. The Kier molecular flexibility index (Phi) is 7.74. The van der Waals surface area contributed by atoms with E-state index in [1.807, 2.05) is 12.1 Å². The molecule has 2 saturated heterocycles. The van der Waals surface area contributed by atoms with Crippen LogP contribution in [0.3, 0.4) is 0 Å². The quantitative estimate of drug-likeness (QED) is 0.793. The van der Waals surface area contributed by atoms with Crippen molar-refractivity contribution in [3.63, 3.8) is 0 Å². The molecule has 0 bridgehead atoms. The predicted molar refractivity (Wildman–Crippen MR) is 105 cm³/mol. The van der Waals surface area contributed by atoms with Gasteiger partial charge in [-0.1, -0.05) is 23.7 Å². The number of halogens is 2. The number of rotatable bonds is 5. The average Bonchev–Trinajstić information content (AvgIpc) is 2.68. The van der Waals surface area contributed by atoms with Gasteiger partial charge < -0.3 is 20.5 Å². The lowest BCUT2D eigenvalue weighted by atomic mass is 9.73. The molecule has 1 aromatic carbocycles. The minimum absolute atomic E-state index is 0. The Labute approximate surface area is 166 Å². The number of benzene rings is 1. The molecule has 26 heavy (non-hydrogen) atoms. The zero-order valence-corrected chi connectivity index (χ0v) is 16.5. The molecule has 3 N–H and O–H groups in total. The molecule has 0 atom stereocenters. The standard InChI is InChI=1S/C19H27ClN2O3.ClH/c20-16-3-1-15(2-4-16)19(7-11-25-12-8-19)14-22-17(23)18(13-21)5-9-24-10-6-18;/h1-4H,5-14,21H2,(H,22,23);1H. The highest BCUT2D eigenvalue weighted by Crippen LogP contribution is 2.36. The molecule has 146 valence electrons. The second-order valence-corrected chi connectivity index (χ2v) is 7.62. The fourth-order valence-electron chi connectivity index (χ4n) is 3.86. The van der Waals surface area contributed by atoms with Gasteiger partial charge in [-0.05, 0) is 43.4 Å². The molecule has 5 nitrogen and oxygen atoms in total. The van der Waals surface area contributed by atoms with Gasteiger partial charge in [0.15, 0.2) is 0 Å². The van der Waals surface area contributed by atoms with Gasteiger partial charge in [0.25, 0.3) is 0 Å². The van der Waals surface area contributed by atoms with Crippen LogP contribution >= 0.6 is 24.0 Å². The van der Waals surface area contributed by atoms with Crippen molar-refractivity contribution in [2.75, 3.05) is 39.5 Å². The summed E-state index contributed by atoms with van der Waals surface area (Å²) in [5.74, 6) is 0.0538. The normalized spacial score (nSPS) is 21.5. The van der Waals surface area contributed by atoms with E-state index in [0.29, 0.717) is 52.4 Å². The first-order valence-electron chi connectivity index (χ1n) is 9.00. The molecule has 2 fully saturated rings. The maximum absolute atomic E-state index is 12.9. The van der Waals surface area contributed by atoms with Gasteiger partial charge in [-0.15, -0.1) is 12.4 Å². The number of nitrogens with two attached hydrogens (primary N) is 1. The van der Waals surface area contributed by atoms with Crippen LogP contribution in [0.4, 0.5) is 0 Å². The number of carbonyl (C=O) groups excluding carboxylic acids is 1. The molecule has 7 heteroatoms. The smallest absolute Gasteiger partial charge is 0.227 e. The fourth-order valence-corrected chi connectivity index (χ4v) is 3.98. The van der Waals surface area contributed by atoms with E-state index in [9.17, 15) is 4.79 Å². The highest BCUT2D eigenvalue weighted by atomic mass is 35.5. The molecule has 0 aromatic heterocycles. The maximum atomic E-state index is 12.9. The second-order valence-electron chi connectivity index (χ2n) is 7.18. The van der Waals surface area contributed by atoms with E-state index in [0.717, 1.165) is 17.9 Å². The third-order valence-corrected chi connectivity index (χ3v) is 6.07. The highest BCUT2D eigenvalue weighted by molar-refractivity contribution is 6.30. The summed E-state index contributed by atoms with van der Waals surface area (Å²) < 4.78 is 11.0. The molecular weight excluding hydrogens is 375 g/mol. The fraction of sp³-hybridized carbons (Fsp3) is 0.632. The van der Waals surface area contributed by atoms with E-state index >= 15 is 0 Å². The van der Waals surface area contributed by atoms with E-state index < -0.39 is 5.41 Å². The first-order valence-corrected chi connectivity index (χ1v) is 9.38. The van der Waals surface area contributed by atoms with Crippen molar-refractivity contribution in [1.29, 1.82) is 0 Å². The Morgan fingerprint density at radius 2 is 1.58 bits per heavy atom. The first kappa shape index (κ1) is 21.5. The largest absolute Gasteiger partial charge is 0.381 e. The monoisotopic (exact) mass is 402 g/mol. The Balaban J connectivity index is 0.00000243. The lowest BCUT2D eigenvalue weighted by Crippen LogP contribution is -2.53. The molecular formula is C19H28Cl2N2O3. The summed E-state index contributed by atoms with van der Waals surface area (Å²) >= 11 is 6.04. The van der Waals surface area contributed by atoms with Crippen LogP contribution in [0.15, 0.2) is 24.3 Å². The molecule has 0 aliphatic carbocycles. The molecule has 2 heterocycles. The van der Waals surface area contributed by atoms with Crippen LogP contribution in [-0.2, 0) is 19.7 Å². The van der Waals surface area contributed by atoms with Gasteiger partial charge in [0.05, 0.1) is 5.41 Å². The number of ether oxygens (including phenoxy) is 2. The van der Waals surface area contributed by atoms with Crippen molar-refractivity contribution >= 4 is 29.9 Å². The van der Waals surface area contributed by atoms with Crippen LogP contribution in [0.1, 0.15) is 31.2 Å². The van der Waals surface area contributed by atoms with Crippen molar-refractivity contribution in [3.05, 3.63) is 34.9 Å². The van der Waals surface area contributed by atoms with E-state index in [-0.39, 0.29) is 23.7 Å². The van der Waals surface area contributed by atoms with Gasteiger partial charge in [-0.25, -0.2) is 0 Å².